The van der Waals surface area contributed by atoms with Crippen LogP contribution in [0, 0.1) is 0 Å². The molecule has 2 N–H and O–H groups in total. The zero-order valence-electron chi connectivity index (χ0n) is 15.4. The number of ether oxygens (including phenoxy) is 1. The molecule has 7 nitrogen and oxygen atoms in total. The molecular formula is C18H22N2O5S2. The number of amides is 1. The van der Waals surface area contributed by atoms with Gasteiger partial charge in [0.15, 0.2) is 9.84 Å². The monoisotopic (exact) mass is 410 g/mol. The van der Waals surface area contributed by atoms with E-state index in [1.165, 1.54) is 23.5 Å². The van der Waals surface area contributed by atoms with E-state index in [1.807, 2.05) is 6.92 Å². The Bertz CT molecular complexity index is 935. The number of thiophene rings is 1. The second-order valence-corrected chi connectivity index (χ2v) is 8.88. The summed E-state index contributed by atoms with van der Waals surface area (Å²) < 4.78 is 28.2. The molecule has 27 heavy (non-hydrogen) atoms. The number of carbonyl (C=O) groups excluding carboxylic acids is 2. The summed E-state index contributed by atoms with van der Waals surface area (Å²) in [5.41, 5.74) is 0.852. The van der Waals surface area contributed by atoms with Gasteiger partial charge in [0.2, 0.25) is 5.91 Å². The van der Waals surface area contributed by atoms with E-state index in [0.29, 0.717) is 16.3 Å². The largest absolute Gasteiger partial charge is 0.462 e. The van der Waals surface area contributed by atoms with Gasteiger partial charge in [-0.3, -0.25) is 4.79 Å². The van der Waals surface area contributed by atoms with Gasteiger partial charge in [-0.15, -0.1) is 11.3 Å². The van der Waals surface area contributed by atoms with Crippen LogP contribution < -0.4 is 10.6 Å². The summed E-state index contributed by atoms with van der Waals surface area (Å²) in [6, 6.07) is 7.95. The number of anilines is 2. The van der Waals surface area contributed by atoms with E-state index in [4.69, 9.17) is 4.74 Å². The Morgan fingerprint density at radius 2 is 1.93 bits per heavy atom. The van der Waals surface area contributed by atoms with Crippen LogP contribution in [0.4, 0.5) is 10.7 Å². The highest BCUT2D eigenvalue weighted by Crippen LogP contribution is 2.29. The fraction of sp³-hybridized carbons (Fsp3) is 0.333. The molecule has 0 saturated carbocycles. The third kappa shape index (κ3) is 5.80. The SMILES string of the molecule is CCOC(=O)c1cc(CC)sc1NC(=O)CNc1cccc(S(C)(=O)=O)c1. The molecular weight excluding hydrogens is 388 g/mol. The van der Waals surface area contributed by atoms with Crippen molar-refractivity contribution in [1.29, 1.82) is 0 Å². The molecule has 0 aliphatic carbocycles. The number of aryl methyl sites for hydroxylation is 1. The van der Waals surface area contributed by atoms with E-state index in [-0.39, 0.29) is 24.0 Å². The average Bonchev–Trinajstić information content (AvgIpc) is 3.03. The molecule has 146 valence electrons. The van der Waals surface area contributed by atoms with Crippen molar-refractivity contribution in [3.63, 3.8) is 0 Å². The number of sulfone groups is 1. The molecule has 0 spiro atoms. The quantitative estimate of drug-likeness (QED) is 0.649. The Kier molecular flexibility index (Phi) is 6.98. The minimum absolute atomic E-state index is 0.0746. The standard InChI is InChI=1S/C18H22N2O5S2/c1-4-13-10-15(18(22)25-5-2)17(26-13)20-16(21)11-19-12-7-6-8-14(9-12)27(3,23)24/h6-10,19H,4-5,11H2,1-3H3,(H,20,21). The van der Waals surface area contributed by atoms with Gasteiger partial charge in [-0.1, -0.05) is 13.0 Å². The van der Waals surface area contributed by atoms with E-state index in [1.54, 1.807) is 25.1 Å². The van der Waals surface area contributed by atoms with Crippen LogP contribution in [-0.2, 0) is 25.8 Å². The highest BCUT2D eigenvalue weighted by Gasteiger charge is 2.18. The maximum absolute atomic E-state index is 12.3. The van der Waals surface area contributed by atoms with Crippen LogP contribution in [0.2, 0.25) is 0 Å². The predicted molar refractivity (Wildman–Crippen MR) is 106 cm³/mol. The molecule has 0 atom stereocenters. The highest BCUT2D eigenvalue weighted by atomic mass is 32.2. The topological polar surface area (TPSA) is 102 Å². The number of nitrogens with one attached hydrogen (secondary N) is 2. The number of benzene rings is 1. The summed E-state index contributed by atoms with van der Waals surface area (Å²) in [6.07, 6.45) is 1.86. The van der Waals surface area contributed by atoms with Gasteiger partial charge >= 0.3 is 5.97 Å². The Hall–Kier alpha value is -2.39. The second kappa shape index (κ2) is 9.01. The summed E-state index contributed by atoms with van der Waals surface area (Å²) in [5, 5.41) is 6.05. The molecule has 0 aliphatic rings. The van der Waals surface area contributed by atoms with Crippen molar-refractivity contribution in [2.75, 3.05) is 30.0 Å². The third-order valence-corrected chi connectivity index (χ3v) is 5.90. The molecule has 2 rings (SSSR count). The van der Waals surface area contributed by atoms with Crippen LogP contribution >= 0.6 is 11.3 Å². The van der Waals surface area contributed by atoms with Gasteiger partial charge in [0.25, 0.3) is 0 Å². The van der Waals surface area contributed by atoms with Gasteiger partial charge < -0.3 is 15.4 Å². The Morgan fingerprint density at radius 1 is 1.19 bits per heavy atom. The number of hydrogen-bond acceptors (Lipinski definition) is 7. The van der Waals surface area contributed by atoms with E-state index >= 15 is 0 Å². The maximum atomic E-state index is 12.3. The minimum Gasteiger partial charge on any atom is -0.462 e. The van der Waals surface area contributed by atoms with Crippen molar-refractivity contribution in [1.82, 2.24) is 0 Å². The van der Waals surface area contributed by atoms with E-state index in [2.05, 4.69) is 10.6 Å². The van der Waals surface area contributed by atoms with Crippen LogP contribution in [-0.4, -0.2) is 39.7 Å². The first kappa shape index (κ1) is 20.9. The summed E-state index contributed by atoms with van der Waals surface area (Å²) >= 11 is 1.33. The first-order valence-electron chi connectivity index (χ1n) is 8.38. The first-order chi connectivity index (χ1) is 12.7. The zero-order valence-corrected chi connectivity index (χ0v) is 17.0. The molecule has 0 fully saturated rings. The number of esters is 1. The van der Waals surface area contributed by atoms with Crippen LogP contribution in [0.1, 0.15) is 29.1 Å². The number of carbonyl (C=O) groups is 2. The van der Waals surface area contributed by atoms with Gasteiger partial charge in [0.05, 0.1) is 23.6 Å². The van der Waals surface area contributed by atoms with E-state index < -0.39 is 15.8 Å². The minimum atomic E-state index is -3.32. The normalized spacial score (nSPS) is 11.1. The summed E-state index contributed by atoms with van der Waals surface area (Å²) in [7, 11) is -3.32. The van der Waals surface area contributed by atoms with Crippen molar-refractivity contribution in [2.45, 2.75) is 25.2 Å². The molecule has 1 aromatic heterocycles. The Labute approximate surface area is 162 Å². The first-order valence-corrected chi connectivity index (χ1v) is 11.1. The molecule has 0 bridgehead atoms. The molecule has 2 aromatic rings. The average molecular weight is 411 g/mol. The fourth-order valence-electron chi connectivity index (χ4n) is 2.26. The van der Waals surface area contributed by atoms with Crippen molar-refractivity contribution in [3.8, 4) is 0 Å². The predicted octanol–water partition coefficient (Wildman–Crippen LogP) is 2.94. The maximum Gasteiger partial charge on any atom is 0.341 e. The third-order valence-electron chi connectivity index (χ3n) is 3.60. The van der Waals surface area contributed by atoms with Crippen molar-refractivity contribution in [2.24, 2.45) is 0 Å². The smallest absolute Gasteiger partial charge is 0.341 e. The van der Waals surface area contributed by atoms with Gasteiger partial charge in [0, 0.05) is 16.8 Å². The highest BCUT2D eigenvalue weighted by molar-refractivity contribution is 7.90. The fourth-order valence-corrected chi connectivity index (χ4v) is 3.93. The van der Waals surface area contributed by atoms with Crippen LogP contribution in [0.15, 0.2) is 35.2 Å². The molecule has 0 unspecified atom stereocenters. The molecule has 0 aliphatic heterocycles. The number of rotatable bonds is 8. The Morgan fingerprint density at radius 3 is 2.56 bits per heavy atom. The molecule has 9 heteroatoms. The summed E-state index contributed by atoms with van der Waals surface area (Å²) in [6.45, 7) is 3.86. The van der Waals surface area contributed by atoms with E-state index in [0.717, 1.165) is 17.6 Å². The van der Waals surface area contributed by atoms with Crippen LogP contribution in [0.25, 0.3) is 0 Å². The van der Waals surface area contributed by atoms with Crippen LogP contribution in [0.5, 0.6) is 0 Å². The van der Waals surface area contributed by atoms with Gasteiger partial charge in [-0.25, -0.2) is 13.2 Å². The molecule has 0 saturated heterocycles. The van der Waals surface area contributed by atoms with Gasteiger partial charge in [-0.2, -0.15) is 0 Å². The van der Waals surface area contributed by atoms with Crippen molar-refractivity contribution < 1.29 is 22.7 Å². The lowest BCUT2D eigenvalue weighted by Crippen LogP contribution is -2.22. The van der Waals surface area contributed by atoms with Crippen molar-refractivity contribution in [3.05, 3.63) is 40.8 Å². The van der Waals surface area contributed by atoms with Gasteiger partial charge in [0.1, 0.15) is 5.00 Å². The lowest BCUT2D eigenvalue weighted by molar-refractivity contribution is -0.114. The van der Waals surface area contributed by atoms with Gasteiger partial charge in [-0.05, 0) is 37.6 Å². The van der Waals surface area contributed by atoms with Crippen molar-refractivity contribution >= 4 is 43.7 Å². The summed E-state index contributed by atoms with van der Waals surface area (Å²) in [4.78, 5) is 25.4. The zero-order chi connectivity index (χ0) is 20.0. The van der Waals surface area contributed by atoms with E-state index in [9.17, 15) is 18.0 Å². The molecule has 0 radical (unpaired) electrons. The lowest BCUT2D eigenvalue weighted by atomic mass is 10.2. The lowest BCUT2D eigenvalue weighted by Gasteiger charge is -2.09. The number of hydrogen-bond donors (Lipinski definition) is 2. The molecule has 1 amide bonds. The Balaban J connectivity index is 2.06. The van der Waals surface area contributed by atoms with Crippen LogP contribution in [0.3, 0.4) is 0 Å². The molecule has 1 heterocycles. The summed E-state index contributed by atoms with van der Waals surface area (Å²) in [5.74, 6) is -0.827. The second-order valence-electron chi connectivity index (χ2n) is 5.73. The molecule has 1 aromatic carbocycles.